The van der Waals surface area contributed by atoms with Crippen molar-refractivity contribution in [3.63, 3.8) is 0 Å². The van der Waals surface area contributed by atoms with Crippen molar-refractivity contribution in [1.29, 1.82) is 0 Å². The van der Waals surface area contributed by atoms with Crippen LogP contribution in [0.1, 0.15) is 63.6 Å². The third kappa shape index (κ3) is 5.23. The number of hydrogen-bond acceptors (Lipinski definition) is 5. The summed E-state index contributed by atoms with van der Waals surface area (Å²) in [6, 6.07) is 11.8. The summed E-state index contributed by atoms with van der Waals surface area (Å²) in [6.45, 7) is 9.81. The third-order valence-corrected chi connectivity index (χ3v) is 6.01. The Kier molecular flexibility index (Phi) is 6.82. The Morgan fingerprint density at radius 1 is 1.22 bits per heavy atom. The first-order chi connectivity index (χ1) is 15.0. The first kappa shape index (κ1) is 23.6. The van der Waals surface area contributed by atoms with Gasteiger partial charge in [-0.15, -0.1) is 0 Å². The number of phenolic OH excluding ortho intramolecular Hbond substituents is 1. The van der Waals surface area contributed by atoms with Crippen molar-refractivity contribution in [3.05, 3.63) is 59.2 Å². The molecule has 1 amide bonds. The van der Waals surface area contributed by atoms with Crippen LogP contribution in [0.5, 0.6) is 5.75 Å². The van der Waals surface area contributed by atoms with Crippen LogP contribution in [-0.4, -0.2) is 33.5 Å². The van der Waals surface area contributed by atoms with Crippen molar-refractivity contribution in [2.45, 2.75) is 71.6 Å². The average molecular weight is 439 g/mol. The zero-order valence-electron chi connectivity index (χ0n) is 19.6. The standard InChI is InChI=1S/C26H34N2O4/c1-6-16(2)23(25(31)32-26(3,4)5)28-15-18-14-19(27)9-12-21(18)22(24(28)30)13-17-7-10-20(29)11-8-17/h7-12,14,16,22-23,29H,6,13,15,27H2,1-5H3/t16-,22?,23-/m0/s1. The molecule has 1 aliphatic heterocycles. The van der Waals surface area contributed by atoms with Crippen molar-refractivity contribution >= 4 is 17.6 Å². The maximum Gasteiger partial charge on any atom is 0.329 e. The Balaban J connectivity index is 2.02. The molecule has 32 heavy (non-hydrogen) atoms. The number of phenols is 1. The van der Waals surface area contributed by atoms with Crippen LogP contribution in [0.25, 0.3) is 0 Å². The van der Waals surface area contributed by atoms with Crippen LogP contribution in [0.4, 0.5) is 5.69 Å². The number of aromatic hydroxyl groups is 1. The van der Waals surface area contributed by atoms with Gasteiger partial charge in [0.2, 0.25) is 5.91 Å². The van der Waals surface area contributed by atoms with E-state index in [2.05, 4.69) is 0 Å². The van der Waals surface area contributed by atoms with E-state index >= 15 is 0 Å². The largest absolute Gasteiger partial charge is 0.508 e. The van der Waals surface area contributed by atoms with Gasteiger partial charge in [0.15, 0.2) is 0 Å². The minimum absolute atomic E-state index is 0.0641. The number of carbonyl (C=O) groups excluding carboxylic acids is 2. The number of anilines is 1. The number of nitrogens with two attached hydrogens (primary N) is 1. The van der Waals surface area contributed by atoms with E-state index in [9.17, 15) is 14.7 Å². The molecule has 1 heterocycles. The lowest BCUT2D eigenvalue weighted by atomic mass is 9.82. The number of ether oxygens (including phenoxy) is 1. The number of amides is 1. The van der Waals surface area contributed by atoms with Gasteiger partial charge in [-0.25, -0.2) is 4.79 Å². The summed E-state index contributed by atoms with van der Waals surface area (Å²) in [4.78, 5) is 28.7. The van der Waals surface area contributed by atoms with Crippen molar-refractivity contribution in [2.75, 3.05) is 5.73 Å². The summed E-state index contributed by atoms with van der Waals surface area (Å²) < 4.78 is 5.72. The molecule has 6 nitrogen and oxygen atoms in total. The summed E-state index contributed by atoms with van der Waals surface area (Å²) in [7, 11) is 0. The number of nitrogens with zero attached hydrogens (tertiary/aromatic N) is 1. The molecule has 0 saturated carbocycles. The highest BCUT2D eigenvalue weighted by atomic mass is 16.6. The molecular formula is C26H34N2O4. The highest BCUT2D eigenvalue weighted by molar-refractivity contribution is 5.91. The Bertz CT molecular complexity index is 978. The fraction of sp³-hybridized carbons (Fsp3) is 0.462. The molecule has 3 atom stereocenters. The molecule has 3 rings (SSSR count). The number of nitrogen functional groups attached to an aromatic ring is 1. The van der Waals surface area contributed by atoms with E-state index in [4.69, 9.17) is 10.5 Å². The van der Waals surface area contributed by atoms with Crippen LogP contribution in [0.3, 0.4) is 0 Å². The van der Waals surface area contributed by atoms with Gasteiger partial charge in [0.05, 0.1) is 5.92 Å². The van der Waals surface area contributed by atoms with E-state index in [1.807, 2.05) is 65.0 Å². The van der Waals surface area contributed by atoms with E-state index in [0.717, 1.165) is 23.1 Å². The van der Waals surface area contributed by atoms with E-state index < -0.39 is 17.6 Å². The van der Waals surface area contributed by atoms with Crippen molar-refractivity contribution < 1.29 is 19.4 Å². The highest BCUT2D eigenvalue weighted by Gasteiger charge is 2.42. The molecule has 0 saturated heterocycles. The topological polar surface area (TPSA) is 92.9 Å². The van der Waals surface area contributed by atoms with Gasteiger partial charge in [-0.05, 0) is 74.1 Å². The average Bonchev–Trinajstić information content (AvgIpc) is 2.71. The smallest absolute Gasteiger partial charge is 0.329 e. The number of rotatable bonds is 6. The van der Waals surface area contributed by atoms with Crippen LogP contribution in [0, 0.1) is 5.92 Å². The van der Waals surface area contributed by atoms with Gasteiger partial charge in [-0.2, -0.15) is 0 Å². The van der Waals surface area contributed by atoms with Crippen LogP contribution < -0.4 is 5.73 Å². The molecular weight excluding hydrogens is 404 g/mol. The van der Waals surface area contributed by atoms with Crippen LogP contribution in [-0.2, 0) is 27.3 Å². The molecule has 3 N–H and O–H groups in total. The molecule has 0 radical (unpaired) electrons. The van der Waals surface area contributed by atoms with Gasteiger partial charge in [0, 0.05) is 12.2 Å². The van der Waals surface area contributed by atoms with Crippen molar-refractivity contribution in [2.24, 2.45) is 5.92 Å². The van der Waals surface area contributed by atoms with Crippen molar-refractivity contribution in [1.82, 2.24) is 4.90 Å². The summed E-state index contributed by atoms with van der Waals surface area (Å²) in [6.07, 6.45) is 1.20. The molecule has 6 heteroatoms. The maximum atomic E-state index is 13.8. The van der Waals surface area contributed by atoms with Gasteiger partial charge >= 0.3 is 5.97 Å². The third-order valence-electron chi connectivity index (χ3n) is 6.01. The number of carbonyl (C=O) groups is 2. The number of hydrogen-bond donors (Lipinski definition) is 2. The van der Waals surface area contributed by atoms with E-state index in [1.54, 1.807) is 17.0 Å². The molecule has 1 unspecified atom stereocenters. The van der Waals surface area contributed by atoms with Crippen molar-refractivity contribution in [3.8, 4) is 5.75 Å². The van der Waals surface area contributed by atoms with Crippen LogP contribution in [0.15, 0.2) is 42.5 Å². The quantitative estimate of drug-likeness (QED) is 0.515. The predicted molar refractivity (Wildman–Crippen MR) is 125 cm³/mol. The van der Waals surface area contributed by atoms with E-state index in [1.165, 1.54) is 0 Å². The van der Waals surface area contributed by atoms with Gasteiger partial charge < -0.3 is 20.5 Å². The molecule has 0 aromatic heterocycles. The number of esters is 1. The minimum atomic E-state index is -0.677. The first-order valence-electron chi connectivity index (χ1n) is 11.2. The van der Waals surface area contributed by atoms with E-state index in [-0.39, 0.29) is 23.5 Å². The lowest BCUT2D eigenvalue weighted by molar-refractivity contribution is -0.168. The highest BCUT2D eigenvalue weighted by Crippen LogP contribution is 2.36. The summed E-state index contributed by atoms with van der Waals surface area (Å²) in [5.74, 6) is -0.800. The second kappa shape index (κ2) is 9.23. The Morgan fingerprint density at radius 2 is 1.88 bits per heavy atom. The summed E-state index contributed by atoms with van der Waals surface area (Å²) in [5, 5.41) is 9.62. The minimum Gasteiger partial charge on any atom is -0.508 e. The molecule has 2 aromatic rings. The summed E-state index contributed by atoms with van der Waals surface area (Å²) >= 11 is 0. The monoisotopic (exact) mass is 438 g/mol. The second-order valence-corrected chi connectivity index (χ2v) is 9.71. The lowest BCUT2D eigenvalue weighted by Gasteiger charge is -2.41. The maximum absolute atomic E-state index is 13.8. The zero-order chi connectivity index (χ0) is 23.6. The van der Waals surface area contributed by atoms with Gasteiger partial charge in [-0.1, -0.05) is 38.5 Å². The van der Waals surface area contributed by atoms with Crippen LogP contribution in [0.2, 0.25) is 0 Å². The Hall–Kier alpha value is -3.02. The van der Waals surface area contributed by atoms with Gasteiger partial charge in [0.1, 0.15) is 17.4 Å². The normalized spacial score (nSPS) is 18.1. The van der Waals surface area contributed by atoms with Gasteiger partial charge in [0.25, 0.3) is 0 Å². The number of benzene rings is 2. The fourth-order valence-corrected chi connectivity index (χ4v) is 4.25. The molecule has 0 aliphatic carbocycles. The van der Waals surface area contributed by atoms with Crippen LogP contribution >= 0.6 is 0 Å². The fourth-order valence-electron chi connectivity index (χ4n) is 4.25. The SMILES string of the molecule is CC[C@H](C)[C@@H](C(=O)OC(C)(C)C)N1Cc2cc(N)ccc2C(Cc2ccc(O)cc2)C1=O. The molecule has 0 bridgehead atoms. The molecule has 2 aromatic carbocycles. The lowest BCUT2D eigenvalue weighted by Crippen LogP contribution is -2.53. The molecule has 1 aliphatic rings. The number of fused-ring (bicyclic) bond motifs is 1. The molecule has 0 fully saturated rings. The zero-order valence-corrected chi connectivity index (χ0v) is 19.6. The Labute approximate surface area is 190 Å². The second-order valence-electron chi connectivity index (χ2n) is 9.71. The summed E-state index contributed by atoms with van der Waals surface area (Å²) in [5.41, 5.74) is 8.85. The van der Waals surface area contributed by atoms with E-state index in [0.29, 0.717) is 18.7 Å². The predicted octanol–water partition coefficient (Wildman–Crippen LogP) is 4.40. The first-order valence-corrected chi connectivity index (χ1v) is 11.2. The Morgan fingerprint density at radius 3 is 2.47 bits per heavy atom. The molecule has 172 valence electrons. The molecule has 0 spiro atoms. The van der Waals surface area contributed by atoms with Gasteiger partial charge in [-0.3, -0.25) is 4.79 Å².